The van der Waals surface area contributed by atoms with Gasteiger partial charge in [0.2, 0.25) is 0 Å². The highest BCUT2D eigenvalue weighted by Gasteiger charge is 2.02. The van der Waals surface area contributed by atoms with Gasteiger partial charge in [-0.05, 0) is 24.1 Å². The second-order valence-corrected chi connectivity index (χ2v) is 3.94. The summed E-state index contributed by atoms with van der Waals surface area (Å²) >= 11 is 0. The van der Waals surface area contributed by atoms with Crippen molar-refractivity contribution < 1.29 is 9.47 Å². The third-order valence-corrected chi connectivity index (χ3v) is 2.33. The van der Waals surface area contributed by atoms with Crippen molar-refractivity contribution in [1.82, 2.24) is 0 Å². The van der Waals surface area contributed by atoms with Crippen LogP contribution in [0.2, 0.25) is 0 Å². The van der Waals surface area contributed by atoms with E-state index in [0.717, 1.165) is 24.2 Å². The van der Waals surface area contributed by atoms with Crippen molar-refractivity contribution >= 4 is 0 Å². The molecule has 90 valence electrons. The number of hydrogen-bond donors (Lipinski definition) is 1. The van der Waals surface area contributed by atoms with Gasteiger partial charge in [-0.1, -0.05) is 25.5 Å². The molecule has 0 bridgehead atoms. The highest BCUT2D eigenvalue weighted by molar-refractivity contribution is 5.28. The number of nitrogens with two attached hydrogens (primary N) is 1. The molecule has 0 fully saturated rings. The molecule has 0 spiro atoms. The van der Waals surface area contributed by atoms with Crippen molar-refractivity contribution in [2.75, 3.05) is 13.7 Å². The molecule has 1 aromatic carbocycles. The van der Waals surface area contributed by atoms with Crippen LogP contribution < -0.4 is 10.5 Å². The molecule has 0 aromatic heterocycles. The Bertz CT molecular complexity index is 302. The van der Waals surface area contributed by atoms with Crippen molar-refractivity contribution in [3.8, 4) is 5.75 Å². The summed E-state index contributed by atoms with van der Waals surface area (Å²) in [6.07, 6.45) is 2.09. The van der Waals surface area contributed by atoms with Crippen molar-refractivity contribution in [3.05, 3.63) is 29.8 Å². The summed E-state index contributed by atoms with van der Waals surface area (Å²) in [5.74, 6) is 0.862. The van der Waals surface area contributed by atoms with Crippen molar-refractivity contribution in [3.63, 3.8) is 0 Å². The first-order chi connectivity index (χ1) is 7.76. The van der Waals surface area contributed by atoms with Crippen molar-refractivity contribution in [1.29, 1.82) is 0 Å². The first-order valence-corrected chi connectivity index (χ1v) is 5.72. The molecule has 1 rings (SSSR count). The van der Waals surface area contributed by atoms with Gasteiger partial charge in [-0.3, -0.25) is 0 Å². The minimum absolute atomic E-state index is 0.121. The largest absolute Gasteiger partial charge is 0.492 e. The average Bonchev–Trinajstić information content (AvgIpc) is 2.28. The van der Waals surface area contributed by atoms with Crippen LogP contribution in [0.3, 0.4) is 0 Å². The number of methoxy groups -OCH3 is 1. The smallest absolute Gasteiger partial charge is 0.119 e. The van der Waals surface area contributed by atoms with Crippen LogP contribution in [0.25, 0.3) is 0 Å². The summed E-state index contributed by atoms with van der Waals surface area (Å²) in [5, 5.41) is 0. The Balaban J connectivity index is 2.44. The zero-order valence-corrected chi connectivity index (χ0v) is 10.1. The quantitative estimate of drug-likeness (QED) is 0.771. The Morgan fingerprint density at radius 3 is 2.88 bits per heavy atom. The predicted molar refractivity (Wildman–Crippen MR) is 65.5 cm³/mol. The van der Waals surface area contributed by atoms with Gasteiger partial charge < -0.3 is 15.2 Å². The van der Waals surface area contributed by atoms with Crippen LogP contribution in [-0.4, -0.2) is 19.8 Å². The second kappa shape index (κ2) is 7.25. The van der Waals surface area contributed by atoms with Crippen LogP contribution in [0.5, 0.6) is 5.75 Å². The van der Waals surface area contributed by atoms with E-state index in [2.05, 4.69) is 6.92 Å². The van der Waals surface area contributed by atoms with Gasteiger partial charge in [0.15, 0.2) is 0 Å². The Labute approximate surface area is 97.6 Å². The molecule has 3 nitrogen and oxygen atoms in total. The maximum atomic E-state index is 5.88. The fourth-order valence-electron chi connectivity index (χ4n) is 1.55. The number of hydrogen-bond acceptors (Lipinski definition) is 3. The van der Waals surface area contributed by atoms with Crippen LogP contribution in [0.4, 0.5) is 0 Å². The van der Waals surface area contributed by atoms with Gasteiger partial charge >= 0.3 is 0 Å². The topological polar surface area (TPSA) is 44.5 Å². The first kappa shape index (κ1) is 13.0. The molecule has 0 radical (unpaired) electrons. The van der Waals surface area contributed by atoms with Gasteiger partial charge in [0.25, 0.3) is 0 Å². The van der Waals surface area contributed by atoms with E-state index in [4.69, 9.17) is 15.2 Å². The molecule has 0 heterocycles. The van der Waals surface area contributed by atoms with Crippen LogP contribution in [0.15, 0.2) is 24.3 Å². The highest BCUT2D eigenvalue weighted by atomic mass is 16.5. The number of ether oxygens (including phenoxy) is 2. The molecule has 0 aliphatic carbocycles. The lowest BCUT2D eigenvalue weighted by atomic mass is 10.2. The molecule has 0 aliphatic heterocycles. The van der Waals surface area contributed by atoms with Gasteiger partial charge in [-0.15, -0.1) is 0 Å². The summed E-state index contributed by atoms with van der Waals surface area (Å²) < 4.78 is 10.7. The SMILES string of the molecule is CCCC(N)COc1cccc(COC)c1. The lowest BCUT2D eigenvalue weighted by Gasteiger charge is -2.12. The van der Waals surface area contributed by atoms with E-state index < -0.39 is 0 Å². The molecule has 0 aliphatic rings. The molecule has 1 unspecified atom stereocenters. The highest BCUT2D eigenvalue weighted by Crippen LogP contribution is 2.14. The van der Waals surface area contributed by atoms with Crippen LogP contribution in [0.1, 0.15) is 25.3 Å². The molecule has 1 atom stereocenters. The monoisotopic (exact) mass is 223 g/mol. The molecule has 2 N–H and O–H groups in total. The Morgan fingerprint density at radius 2 is 2.19 bits per heavy atom. The van der Waals surface area contributed by atoms with Gasteiger partial charge in [-0.2, -0.15) is 0 Å². The normalized spacial score (nSPS) is 12.4. The lowest BCUT2D eigenvalue weighted by Crippen LogP contribution is -2.27. The lowest BCUT2D eigenvalue weighted by molar-refractivity contribution is 0.184. The molecular formula is C13H21NO2. The van der Waals surface area contributed by atoms with Gasteiger partial charge in [0.05, 0.1) is 6.61 Å². The molecule has 3 heteroatoms. The van der Waals surface area contributed by atoms with E-state index >= 15 is 0 Å². The fraction of sp³-hybridized carbons (Fsp3) is 0.538. The minimum atomic E-state index is 0.121. The maximum Gasteiger partial charge on any atom is 0.119 e. The summed E-state index contributed by atoms with van der Waals surface area (Å²) in [6, 6.07) is 8.04. The van der Waals surface area contributed by atoms with E-state index in [1.807, 2.05) is 24.3 Å². The zero-order valence-electron chi connectivity index (χ0n) is 10.1. The van der Waals surface area contributed by atoms with Gasteiger partial charge in [0, 0.05) is 13.2 Å². The molecule has 16 heavy (non-hydrogen) atoms. The van der Waals surface area contributed by atoms with E-state index in [1.54, 1.807) is 7.11 Å². The van der Waals surface area contributed by atoms with Gasteiger partial charge in [0.1, 0.15) is 12.4 Å². The van der Waals surface area contributed by atoms with Crippen LogP contribution >= 0.6 is 0 Å². The summed E-state index contributed by atoms with van der Waals surface area (Å²) in [6.45, 7) is 3.31. The van der Waals surface area contributed by atoms with E-state index in [9.17, 15) is 0 Å². The zero-order chi connectivity index (χ0) is 11.8. The van der Waals surface area contributed by atoms with E-state index in [0.29, 0.717) is 13.2 Å². The average molecular weight is 223 g/mol. The fourth-order valence-corrected chi connectivity index (χ4v) is 1.55. The van der Waals surface area contributed by atoms with Crippen molar-refractivity contribution in [2.24, 2.45) is 5.73 Å². The third kappa shape index (κ3) is 4.64. The summed E-state index contributed by atoms with van der Waals surface area (Å²) in [4.78, 5) is 0. The standard InChI is InChI=1S/C13H21NO2/c1-3-5-12(14)10-16-13-7-4-6-11(8-13)9-15-2/h4,6-8,12H,3,5,9-10,14H2,1-2H3. The van der Waals surface area contributed by atoms with Gasteiger partial charge in [-0.25, -0.2) is 0 Å². The molecule has 0 saturated heterocycles. The summed E-state index contributed by atoms with van der Waals surface area (Å²) in [7, 11) is 1.69. The summed E-state index contributed by atoms with van der Waals surface area (Å²) in [5.41, 5.74) is 6.99. The Morgan fingerprint density at radius 1 is 1.38 bits per heavy atom. The maximum absolute atomic E-state index is 5.88. The van der Waals surface area contributed by atoms with Crippen LogP contribution in [0, 0.1) is 0 Å². The predicted octanol–water partition coefficient (Wildman–Crippen LogP) is 2.34. The number of benzene rings is 1. The van der Waals surface area contributed by atoms with Crippen molar-refractivity contribution in [2.45, 2.75) is 32.4 Å². The number of rotatable bonds is 7. The Hall–Kier alpha value is -1.06. The molecule has 0 amide bonds. The minimum Gasteiger partial charge on any atom is -0.492 e. The second-order valence-electron chi connectivity index (χ2n) is 3.94. The third-order valence-electron chi connectivity index (χ3n) is 2.33. The molecule has 0 saturated carbocycles. The Kier molecular flexibility index (Phi) is 5.90. The molecule has 1 aromatic rings. The first-order valence-electron chi connectivity index (χ1n) is 5.72. The van der Waals surface area contributed by atoms with E-state index in [-0.39, 0.29) is 6.04 Å². The van der Waals surface area contributed by atoms with Crippen LogP contribution in [-0.2, 0) is 11.3 Å². The van der Waals surface area contributed by atoms with E-state index in [1.165, 1.54) is 0 Å². The molecular weight excluding hydrogens is 202 g/mol.